The topological polar surface area (TPSA) is 66.5 Å². The third-order valence-electron chi connectivity index (χ3n) is 2.59. The quantitative estimate of drug-likeness (QED) is 0.864. The molecule has 0 heterocycles. The van der Waals surface area contributed by atoms with Crippen LogP contribution in [0.5, 0.6) is 0 Å². The Bertz CT molecular complexity index is 618. The minimum atomic E-state index is -3.80. The second-order valence-electron chi connectivity index (χ2n) is 5.07. The van der Waals surface area contributed by atoms with Gasteiger partial charge in [-0.05, 0) is 18.1 Å². The van der Waals surface area contributed by atoms with Gasteiger partial charge in [-0.1, -0.05) is 13.8 Å². The highest BCUT2D eigenvalue weighted by molar-refractivity contribution is 7.92. The molecule has 1 rings (SSSR count). The van der Waals surface area contributed by atoms with Crippen LogP contribution in [0.4, 0.5) is 14.5 Å². The summed E-state index contributed by atoms with van der Waals surface area (Å²) < 4.78 is 50.3. The van der Waals surface area contributed by atoms with Crippen LogP contribution in [-0.4, -0.2) is 33.7 Å². The lowest BCUT2D eigenvalue weighted by atomic mass is 10.2. The Morgan fingerprint density at radius 3 is 2.38 bits per heavy atom. The number of anilines is 1. The maximum Gasteiger partial charge on any atom is 0.240 e. The number of nitrogens with one attached hydrogen (secondary N) is 1. The summed E-state index contributed by atoms with van der Waals surface area (Å²) in [6.07, 6.45) is 0.893. The lowest BCUT2D eigenvalue weighted by Gasteiger charge is -2.22. The van der Waals surface area contributed by atoms with Gasteiger partial charge >= 0.3 is 0 Å². The number of amides is 1. The number of hydrogen-bond acceptors (Lipinski definition) is 3. The first-order chi connectivity index (χ1) is 9.61. The van der Waals surface area contributed by atoms with Gasteiger partial charge in [0, 0.05) is 12.6 Å². The normalized spacial score (nSPS) is 11.5. The van der Waals surface area contributed by atoms with Crippen LogP contribution in [0.3, 0.4) is 0 Å². The molecule has 0 atom stereocenters. The van der Waals surface area contributed by atoms with E-state index in [9.17, 15) is 22.0 Å². The van der Waals surface area contributed by atoms with Crippen molar-refractivity contribution in [2.45, 2.75) is 13.8 Å². The summed E-state index contributed by atoms with van der Waals surface area (Å²) in [4.78, 5) is 11.7. The number of carbonyl (C=O) groups excluding carboxylic acids is 1. The van der Waals surface area contributed by atoms with Crippen molar-refractivity contribution in [1.29, 1.82) is 0 Å². The van der Waals surface area contributed by atoms with E-state index in [1.807, 2.05) is 13.8 Å². The molecule has 21 heavy (non-hydrogen) atoms. The molecule has 0 saturated carbocycles. The number of carbonyl (C=O) groups is 1. The number of halogens is 2. The molecule has 0 bridgehead atoms. The third-order valence-corrected chi connectivity index (χ3v) is 3.73. The molecule has 8 heteroatoms. The first-order valence-electron chi connectivity index (χ1n) is 6.30. The minimum absolute atomic E-state index is 0.101. The van der Waals surface area contributed by atoms with Gasteiger partial charge in [0.15, 0.2) is 11.6 Å². The van der Waals surface area contributed by atoms with Crippen LogP contribution >= 0.6 is 0 Å². The number of nitrogens with zero attached hydrogens (tertiary/aromatic N) is 1. The van der Waals surface area contributed by atoms with Crippen LogP contribution in [0.25, 0.3) is 0 Å². The van der Waals surface area contributed by atoms with Crippen LogP contribution < -0.4 is 9.62 Å². The van der Waals surface area contributed by atoms with Gasteiger partial charge in [-0.15, -0.1) is 0 Å². The lowest BCUT2D eigenvalue weighted by Crippen LogP contribution is -2.41. The highest BCUT2D eigenvalue weighted by atomic mass is 32.2. The number of hydrogen-bond donors (Lipinski definition) is 1. The van der Waals surface area contributed by atoms with Crippen molar-refractivity contribution < 1.29 is 22.0 Å². The second-order valence-corrected chi connectivity index (χ2v) is 6.97. The van der Waals surface area contributed by atoms with Crippen LogP contribution in [0.15, 0.2) is 18.2 Å². The van der Waals surface area contributed by atoms with E-state index < -0.39 is 34.1 Å². The monoisotopic (exact) mass is 320 g/mol. The van der Waals surface area contributed by atoms with E-state index in [4.69, 9.17) is 0 Å². The Balaban J connectivity index is 2.97. The summed E-state index contributed by atoms with van der Waals surface area (Å²) in [5, 5.41) is 2.57. The fourth-order valence-electron chi connectivity index (χ4n) is 1.54. The minimum Gasteiger partial charge on any atom is -0.354 e. The first kappa shape index (κ1) is 17.4. The van der Waals surface area contributed by atoms with Crippen molar-refractivity contribution in [3.8, 4) is 0 Å². The summed E-state index contributed by atoms with van der Waals surface area (Å²) in [7, 11) is -3.80. The molecule has 5 nitrogen and oxygen atoms in total. The molecule has 0 fully saturated rings. The molecule has 0 aliphatic carbocycles. The van der Waals surface area contributed by atoms with Crippen molar-refractivity contribution in [1.82, 2.24) is 5.32 Å². The molecule has 0 aliphatic heterocycles. The fourth-order valence-corrected chi connectivity index (χ4v) is 2.39. The van der Waals surface area contributed by atoms with Crippen LogP contribution in [-0.2, 0) is 14.8 Å². The summed E-state index contributed by atoms with van der Waals surface area (Å²) in [5.41, 5.74) is -0.101. The molecule has 1 aromatic carbocycles. The van der Waals surface area contributed by atoms with Gasteiger partial charge in [0.05, 0.1) is 11.9 Å². The van der Waals surface area contributed by atoms with E-state index in [0.717, 1.165) is 28.8 Å². The van der Waals surface area contributed by atoms with Crippen LogP contribution in [0.1, 0.15) is 13.8 Å². The Kier molecular flexibility index (Phi) is 5.65. The zero-order valence-electron chi connectivity index (χ0n) is 12.1. The SMILES string of the molecule is CC(C)CNC(=O)CN(c1ccc(F)c(F)c1)S(C)(=O)=O. The molecular formula is C13H18F2N2O3S. The fraction of sp³-hybridized carbons (Fsp3) is 0.462. The summed E-state index contributed by atoms with van der Waals surface area (Å²) in [6.45, 7) is 3.69. The standard InChI is InChI=1S/C13H18F2N2O3S/c1-9(2)7-16-13(18)8-17(21(3,19)20)10-4-5-11(14)12(15)6-10/h4-6,9H,7-8H2,1-3H3,(H,16,18). The van der Waals surface area contributed by atoms with Crippen molar-refractivity contribution in [2.75, 3.05) is 23.7 Å². The van der Waals surface area contributed by atoms with E-state index in [1.54, 1.807) is 0 Å². The van der Waals surface area contributed by atoms with Gasteiger partial charge in [0.1, 0.15) is 6.54 Å². The molecule has 0 unspecified atom stereocenters. The average Bonchev–Trinajstić information content (AvgIpc) is 2.35. The Morgan fingerprint density at radius 1 is 1.29 bits per heavy atom. The lowest BCUT2D eigenvalue weighted by molar-refractivity contribution is -0.119. The van der Waals surface area contributed by atoms with Crippen molar-refractivity contribution in [2.24, 2.45) is 5.92 Å². The van der Waals surface area contributed by atoms with Crippen molar-refractivity contribution in [3.63, 3.8) is 0 Å². The number of benzene rings is 1. The Hall–Kier alpha value is -1.70. The molecule has 1 N–H and O–H groups in total. The summed E-state index contributed by atoms with van der Waals surface area (Å²) in [6, 6.07) is 2.66. The van der Waals surface area contributed by atoms with E-state index in [0.29, 0.717) is 6.54 Å². The third kappa shape index (κ3) is 5.30. The predicted molar refractivity (Wildman–Crippen MR) is 76.4 cm³/mol. The van der Waals surface area contributed by atoms with Crippen molar-refractivity contribution >= 4 is 21.6 Å². The maximum absolute atomic E-state index is 13.2. The summed E-state index contributed by atoms with van der Waals surface area (Å²) in [5.74, 6) is -2.57. The predicted octanol–water partition coefficient (Wildman–Crippen LogP) is 1.50. The molecule has 1 amide bonds. The Morgan fingerprint density at radius 2 is 1.90 bits per heavy atom. The molecule has 0 aromatic heterocycles. The molecule has 1 aromatic rings. The zero-order chi connectivity index (χ0) is 16.2. The molecule has 0 spiro atoms. The van der Waals surface area contributed by atoms with Gasteiger partial charge in [-0.3, -0.25) is 9.10 Å². The maximum atomic E-state index is 13.2. The Labute approximate surface area is 123 Å². The van der Waals surface area contributed by atoms with E-state index in [-0.39, 0.29) is 11.6 Å². The first-order valence-corrected chi connectivity index (χ1v) is 8.15. The van der Waals surface area contributed by atoms with Gasteiger partial charge < -0.3 is 5.32 Å². The van der Waals surface area contributed by atoms with E-state index in [2.05, 4.69) is 5.32 Å². The van der Waals surface area contributed by atoms with E-state index >= 15 is 0 Å². The highest BCUT2D eigenvalue weighted by Gasteiger charge is 2.22. The largest absolute Gasteiger partial charge is 0.354 e. The van der Waals surface area contributed by atoms with E-state index in [1.165, 1.54) is 0 Å². The van der Waals surface area contributed by atoms with Gasteiger partial charge in [0.2, 0.25) is 15.9 Å². The van der Waals surface area contributed by atoms with Gasteiger partial charge in [-0.25, -0.2) is 17.2 Å². The summed E-state index contributed by atoms with van der Waals surface area (Å²) >= 11 is 0. The van der Waals surface area contributed by atoms with Gasteiger partial charge in [0.25, 0.3) is 0 Å². The number of sulfonamides is 1. The zero-order valence-corrected chi connectivity index (χ0v) is 12.9. The average molecular weight is 320 g/mol. The molecule has 118 valence electrons. The molecule has 0 saturated heterocycles. The highest BCUT2D eigenvalue weighted by Crippen LogP contribution is 2.20. The van der Waals surface area contributed by atoms with Crippen LogP contribution in [0, 0.1) is 17.6 Å². The van der Waals surface area contributed by atoms with Gasteiger partial charge in [-0.2, -0.15) is 0 Å². The number of rotatable bonds is 6. The smallest absolute Gasteiger partial charge is 0.240 e. The second kappa shape index (κ2) is 6.84. The molecular weight excluding hydrogens is 302 g/mol. The van der Waals surface area contributed by atoms with Crippen LogP contribution in [0.2, 0.25) is 0 Å². The molecule has 0 radical (unpaired) electrons. The molecule has 0 aliphatic rings. The van der Waals surface area contributed by atoms with Crippen molar-refractivity contribution in [3.05, 3.63) is 29.8 Å².